The summed E-state index contributed by atoms with van der Waals surface area (Å²) in [5.74, 6) is 1.69. The number of hydrogen-bond donors (Lipinski definition) is 0. The number of aryl methyl sites for hydroxylation is 1. The van der Waals surface area contributed by atoms with E-state index in [0.717, 1.165) is 62.4 Å². The van der Waals surface area contributed by atoms with Crippen molar-refractivity contribution in [3.05, 3.63) is 53.4 Å². The molecule has 4 rings (SSSR count). The lowest BCUT2D eigenvalue weighted by Gasteiger charge is -2.23. The maximum absolute atomic E-state index is 13.0. The average molecular weight is 354 g/mol. The normalized spacial score (nSPS) is 20.3. The van der Waals surface area contributed by atoms with Gasteiger partial charge in [-0.2, -0.15) is 0 Å². The fraction of sp³-hybridized carbons (Fsp3) is 0.450. The van der Waals surface area contributed by atoms with E-state index in [0.29, 0.717) is 0 Å². The number of amides is 1. The van der Waals surface area contributed by atoms with Crippen molar-refractivity contribution in [3.63, 3.8) is 0 Å². The smallest absolute Gasteiger partial charge is 0.247 e. The minimum atomic E-state index is -0.277. The predicted molar refractivity (Wildman–Crippen MR) is 96.7 cm³/mol. The fourth-order valence-corrected chi connectivity index (χ4v) is 3.89. The Morgan fingerprint density at radius 3 is 2.77 bits per heavy atom. The van der Waals surface area contributed by atoms with Gasteiger partial charge in [0.25, 0.3) is 0 Å². The van der Waals surface area contributed by atoms with Crippen LogP contribution in [0.25, 0.3) is 6.08 Å². The highest BCUT2D eigenvalue weighted by Crippen LogP contribution is 2.32. The molecule has 26 heavy (non-hydrogen) atoms. The van der Waals surface area contributed by atoms with Crippen molar-refractivity contribution in [2.45, 2.75) is 51.1 Å². The predicted octanol–water partition coefficient (Wildman–Crippen LogP) is 3.52. The minimum absolute atomic E-state index is 0.000261. The second kappa shape index (κ2) is 7.40. The first-order valence-corrected chi connectivity index (χ1v) is 9.38. The van der Waals surface area contributed by atoms with E-state index in [9.17, 15) is 9.18 Å². The molecule has 2 aromatic rings. The summed E-state index contributed by atoms with van der Waals surface area (Å²) in [7, 11) is 0. The van der Waals surface area contributed by atoms with Crippen LogP contribution in [0.5, 0.6) is 0 Å². The maximum Gasteiger partial charge on any atom is 0.247 e. The van der Waals surface area contributed by atoms with E-state index in [1.165, 1.54) is 18.6 Å². The number of likely N-dealkylation sites (tertiary alicyclic amines) is 1. The summed E-state index contributed by atoms with van der Waals surface area (Å²) in [6, 6.07) is 6.13. The molecule has 0 aliphatic carbocycles. The average Bonchev–Trinajstić information content (AvgIpc) is 3.22. The molecule has 0 saturated carbocycles. The zero-order valence-corrected chi connectivity index (χ0v) is 14.8. The number of hydrogen-bond acceptors (Lipinski definition) is 3. The molecule has 6 heteroatoms. The molecular weight excluding hydrogens is 331 g/mol. The van der Waals surface area contributed by atoms with Crippen LogP contribution in [0, 0.1) is 5.82 Å². The first kappa shape index (κ1) is 16.9. The lowest BCUT2D eigenvalue weighted by atomic mass is 10.2. The number of nitrogens with zero attached hydrogens (tertiary/aromatic N) is 4. The minimum Gasteiger partial charge on any atom is -0.329 e. The molecule has 0 radical (unpaired) electrons. The maximum atomic E-state index is 13.0. The lowest BCUT2D eigenvalue weighted by molar-refractivity contribution is -0.127. The van der Waals surface area contributed by atoms with Gasteiger partial charge in [-0.3, -0.25) is 4.79 Å². The van der Waals surface area contributed by atoms with Crippen molar-refractivity contribution in [1.82, 2.24) is 19.7 Å². The van der Waals surface area contributed by atoms with Crippen LogP contribution in [0.3, 0.4) is 0 Å². The molecule has 1 saturated heterocycles. The van der Waals surface area contributed by atoms with Gasteiger partial charge in [-0.15, -0.1) is 10.2 Å². The van der Waals surface area contributed by atoms with Crippen LogP contribution < -0.4 is 0 Å². The summed E-state index contributed by atoms with van der Waals surface area (Å²) in [6.45, 7) is 1.68. The molecule has 136 valence electrons. The summed E-state index contributed by atoms with van der Waals surface area (Å²) in [6.07, 6.45) is 9.70. The van der Waals surface area contributed by atoms with Gasteiger partial charge in [-0.25, -0.2) is 4.39 Å². The molecule has 1 atom stereocenters. The number of carbonyl (C=O) groups is 1. The Balaban J connectivity index is 1.52. The van der Waals surface area contributed by atoms with Gasteiger partial charge in [0.15, 0.2) is 5.82 Å². The van der Waals surface area contributed by atoms with Gasteiger partial charge in [-0.05, 0) is 49.5 Å². The quantitative estimate of drug-likeness (QED) is 0.793. The number of aromatic nitrogens is 3. The summed E-state index contributed by atoms with van der Waals surface area (Å²) in [4.78, 5) is 14.6. The van der Waals surface area contributed by atoms with E-state index in [2.05, 4.69) is 14.8 Å². The molecule has 1 aromatic heterocycles. The van der Waals surface area contributed by atoms with Gasteiger partial charge in [0, 0.05) is 25.6 Å². The molecule has 0 spiro atoms. The first-order valence-electron chi connectivity index (χ1n) is 9.38. The molecule has 0 bridgehead atoms. The number of rotatable bonds is 3. The van der Waals surface area contributed by atoms with Crippen molar-refractivity contribution >= 4 is 12.0 Å². The summed E-state index contributed by atoms with van der Waals surface area (Å²) in [5.41, 5.74) is 0.812. The van der Waals surface area contributed by atoms with Crippen molar-refractivity contribution < 1.29 is 9.18 Å². The molecule has 5 nitrogen and oxygen atoms in total. The summed E-state index contributed by atoms with van der Waals surface area (Å²) in [5, 5.41) is 8.81. The van der Waals surface area contributed by atoms with Crippen LogP contribution in [-0.2, 0) is 17.8 Å². The topological polar surface area (TPSA) is 51.0 Å². The molecule has 1 amide bonds. The lowest BCUT2D eigenvalue weighted by Crippen LogP contribution is -2.30. The highest BCUT2D eigenvalue weighted by atomic mass is 19.1. The Kier molecular flexibility index (Phi) is 4.82. The zero-order valence-electron chi connectivity index (χ0n) is 14.8. The van der Waals surface area contributed by atoms with Crippen LogP contribution in [0.1, 0.15) is 55.4 Å². The Labute approximate surface area is 152 Å². The van der Waals surface area contributed by atoms with Gasteiger partial charge >= 0.3 is 0 Å². The number of benzene rings is 1. The largest absolute Gasteiger partial charge is 0.329 e. The molecule has 0 N–H and O–H groups in total. The first-order chi connectivity index (χ1) is 12.7. The molecule has 3 heterocycles. The van der Waals surface area contributed by atoms with E-state index in [1.807, 2.05) is 4.90 Å². The Bertz CT molecular complexity index is 812. The Morgan fingerprint density at radius 2 is 1.92 bits per heavy atom. The highest BCUT2D eigenvalue weighted by Gasteiger charge is 2.33. The Hall–Kier alpha value is -2.50. The van der Waals surface area contributed by atoms with E-state index >= 15 is 0 Å². The summed E-state index contributed by atoms with van der Waals surface area (Å²) < 4.78 is 15.2. The van der Waals surface area contributed by atoms with Crippen LogP contribution in [0.4, 0.5) is 4.39 Å². The third-order valence-corrected chi connectivity index (χ3v) is 5.26. The number of fused-ring (bicyclic) bond motifs is 1. The third-order valence-electron chi connectivity index (χ3n) is 5.26. The molecule has 2 aliphatic rings. The van der Waals surface area contributed by atoms with Crippen molar-refractivity contribution in [2.24, 2.45) is 0 Å². The van der Waals surface area contributed by atoms with E-state index in [1.54, 1.807) is 24.3 Å². The van der Waals surface area contributed by atoms with Crippen LogP contribution in [0.2, 0.25) is 0 Å². The SMILES string of the molecule is O=C(/C=C/c1ccc(F)cc1)N1CCCC1c1nnc2n1CCCCC2. The van der Waals surface area contributed by atoms with Crippen LogP contribution in [-0.4, -0.2) is 32.1 Å². The molecule has 1 fully saturated rings. The van der Waals surface area contributed by atoms with Gasteiger partial charge < -0.3 is 9.47 Å². The zero-order chi connectivity index (χ0) is 17.9. The second-order valence-corrected chi connectivity index (χ2v) is 7.01. The fourth-order valence-electron chi connectivity index (χ4n) is 3.89. The number of halogens is 1. The standard InChI is InChI=1S/C20H23FN4O/c21-16-10-7-15(8-11-16)9-12-19(26)24-14-4-5-17(24)20-23-22-18-6-2-1-3-13-25(18)20/h7-12,17H,1-6,13-14H2/b12-9+. The highest BCUT2D eigenvalue weighted by molar-refractivity contribution is 5.92. The third kappa shape index (κ3) is 3.41. The number of carbonyl (C=O) groups excluding carboxylic acids is 1. The van der Waals surface area contributed by atoms with Crippen LogP contribution in [0.15, 0.2) is 30.3 Å². The second-order valence-electron chi connectivity index (χ2n) is 7.01. The van der Waals surface area contributed by atoms with Gasteiger partial charge in [-0.1, -0.05) is 18.6 Å². The van der Waals surface area contributed by atoms with Crippen LogP contribution >= 0.6 is 0 Å². The van der Waals surface area contributed by atoms with Gasteiger partial charge in [0.05, 0.1) is 6.04 Å². The summed E-state index contributed by atoms with van der Waals surface area (Å²) >= 11 is 0. The molecule has 1 aromatic carbocycles. The Morgan fingerprint density at radius 1 is 1.08 bits per heavy atom. The van der Waals surface area contributed by atoms with Crippen molar-refractivity contribution in [1.29, 1.82) is 0 Å². The molecule has 2 aliphatic heterocycles. The van der Waals surface area contributed by atoms with E-state index in [4.69, 9.17) is 0 Å². The molecular formula is C20H23FN4O. The van der Waals surface area contributed by atoms with E-state index < -0.39 is 0 Å². The van der Waals surface area contributed by atoms with Gasteiger partial charge in [0.1, 0.15) is 11.6 Å². The van der Waals surface area contributed by atoms with Crippen molar-refractivity contribution in [2.75, 3.05) is 6.54 Å². The molecule has 1 unspecified atom stereocenters. The van der Waals surface area contributed by atoms with Crippen molar-refractivity contribution in [3.8, 4) is 0 Å². The monoisotopic (exact) mass is 354 g/mol. The van der Waals surface area contributed by atoms with E-state index in [-0.39, 0.29) is 17.8 Å². The van der Waals surface area contributed by atoms with Gasteiger partial charge in [0.2, 0.25) is 5.91 Å².